The van der Waals surface area contributed by atoms with Gasteiger partial charge in [0.05, 0.1) is 5.92 Å². The number of carboxylic acid groups (broad SMARTS) is 1. The van der Waals surface area contributed by atoms with Crippen molar-refractivity contribution in [3.63, 3.8) is 0 Å². The number of carboxylic acids is 1. The molecule has 0 aromatic carbocycles. The highest BCUT2D eigenvalue weighted by atomic mass is 35.5. The molecule has 3 N–H and O–H groups in total. The highest BCUT2D eigenvalue weighted by Crippen LogP contribution is 1.92. The summed E-state index contributed by atoms with van der Waals surface area (Å²) in [5.74, 6) is -2.19. The van der Waals surface area contributed by atoms with E-state index in [1.54, 1.807) is 0 Å². The van der Waals surface area contributed by atoms with Crippen LogP contribution in [0, 0.1) is 5.92 Å². The largest absolute Gasteiger partial charge is 0.481 e. The molecule has 3 nitrogen and oxygen atoms in total. The van der Waals surface area contributed by atoms with Crippen molar-refractivity contribution < 1.29 is 14.3 Å². The number of alkyl halides is 1. The summed E-state index contributed by atoms with van der Waals surface area (Å²) < 4.78 is 11.4. The molecule has 0 aromatic rings. The van der Waals surface area contributed by atoms with E-state index >= 15 is 0 Å². The van der Waals surface area contributed by atoms with Crippen molar-refractivity contribution in [2.24, 2.45) is 11.7 Å². The molecule has 0 rings (SSSR count). The number of hydrogen-bond acceptors (Lipinski definition) is 2. The lowest BCUT2D eigenvalue weighted by Gasteiger charge is -2.00. The van der Waals surface area contributed by atoms with E-state index in [-0.39, 0.29) is 19.0 Å². The summed E-state index contributed by atoms with van der Waals surface area (Å²) in [6, 6.07) is 0. The third-order valence-electron chi connectivity index (χ3n) is 0.820. The van der Waals surface area contributed by atoms with E-state index in [9.17, 15) is 9.18 Å². The molecule has 0 aliphatic heterocycles. The molecule has 1 atom stereocenters. The molecular weight excluding hydrogens is 148 g/mol. The SMILES string of the molecule is Cl.NCC(CF)C(=O)O. The summed E-state index contributed by atoms with van der Waals surface area (Å²) in [5, 5.41) is 8.05. The fourth-order valence-electron chi connectivity index (χ4n) is 0.230. The maximum Gasteiger partial charge on any atom is 0.310 e. The van der Waals surface area contributed by atoms with Crippen LogP contribution >= 0.6 is 12.4 Å². The Morgan fingerprint density at radius 2 is 2.22 bits per heavy atom. The summed E-state index contributed by atoms with van der Waals surface area (Å²) in [7, 11) is 0. The van der Waals surface area contributed by atoms with Crippen LogP contribution in [0.4, 0.5) is 4.39 Å². The topological polar surface area (TPSA) is 63.3 Å². The predicted molar refractivity (Wildman–Crippen MR) is 33.4 cm³/mol. The van der Waals surface area contributed by atoms with Gasteiger partial charge in [-0.3, -0.25) is 9.18 Å². The molecule has 0 aliphatic carbocycles. The van der Waals surface area contributed by atoms with Crippen molar-refractivity contribution in [3.8, 4) is 0 Å². The summed E-state index contributed by atoms with van der Waals surface area (Å²) in [5.41, 5.74) is 4.86. The first-order valence-corrected chi connectivity index (χ1v) is 2.21. The van der Waals surface area contributed by atoms with Crippen LogP contribution in [-0.4, -0.2) is 24.3 Å². The second-order valence-electron chi connectivity index (χ2n) is 1.43. The predicted octanol–water partition coefficient (Wildman–Crippen LogP) is 0.0372. The quantitative estimate of drug-likeness (QED) is 0.608. The Balaban J connectivity index is 0. The molecule has 56 valence electrons. The van der Waals surface area contributed by atoms with Gasteiger partial charge < -0.3 is 10.8 Å². The molecule has 9 heavy (non-hydrogen) atoms. The number of rotatable bonds is 3. The van der Waals surface area contributed by atoms with Crippen molar-refractivity contribution in [2.75, 3.05) is 13.2 Å². The minimum Gasteiger partial charge on any atom is -0.481 e. The zero-order chi connectivity index (χ0) is 6.57. The van der Waals surface area contributed by atoms with Gasteiger partial charge in [-0.1, -0.05) is 0 Å². The monoisotopic (exact) mass is 157 g/mol. The Morgan fingerprint density at radius 1 is 1.78 bits per heavy atom. The van der Waals surface area contributed by atoms with E-state index in [0.29, 0.717) is 0 Å². The van der Waals surface area contributed by atoms with Gasteiger partial charge in [-0.05, 0) is 0 Å². The lowest BCUT2D eigenvalue weighted by Crippen LogP contribution is -2.24. The highest BCUT2D eigenvalue weighted by molar-refractivity contribution is 5.85. The minimum absolute atomic E-state index is 0. The van der Waals surface area contributed by atoms with Gasteiger partial charge in [0.1, 0.15) is 6.67 Å². The van der Waals surface area contributed by atoms with Gasteiger partial charge in [0, 0.05) is 6.54 Å². The maximum atomic E-state index is 11.4. The number of carbonyl (C=O) groups is 1. The lowest BCUT2D eigenvalue weighted by molar-refractivity contribution is -0.141. The average Bonchev–Trinajstić information content (AvgIpc) is 1.69. The third kappa shape index (κ3) is 4.17. The van der Waals surface area contributed by atoms with Crippen LogP contribution < -0.4 is 5.73 Å². The molecule has 0 amide bonds. The Kier molecular flexibility index (Phi) is 7.35. The van der Waals surface area contributed by atoms with Gasteiger partial charge >= 0.3 is 5.97 Å². The second-order valence-corrected chi connectivity index (χ2v) is 1.43. The Morgan fingerprint density at radius 3 is 2.22 bits per heavy atom. The third-order valence-corrected chi connectivity index (χ3v) is 0.820. The standard InChI is InChI=1S/C4H8FNO2.ClH/c5-1-3(2-6)4(7)8;/h3H,1-2,6H2,(H,7,8);1H. The fourth-order valence-corrected chi connectivity index (χ4v) is 0.230. The number of hydrogen-bond donors (Lipinski definition) is 2. The van der Waals surface area contributed by atoms with Crippen LogP contribution in [0.15, 0.2) is 0 Å². The van der Waals surface area contributed by atoms with E-state index in [0.717, 1.165) is 0 Å². The van der Waals surface area contributed by atoms with Crippen LogP contribution in [0.2, 0.25) is 0 Å². The Bertz CT molecular complexity index is 86.6. The molecule has 0 aliphatic rings. The maximum absolute atomic E-state index is 11.4. The summed E-state index contributed by atoms with van der Waals surface area (Å²) >= 11 is 0. The first-order chi connectivity index (χ1) is 3.72. The van der Waals surface area contributed by atoms with Crippen molar-refractivity contribution in [3.05, 3.63) is 0 Å². The summed E-state index contributed by atoms with van der Waals surface area (Å²) in [6.45, 7) is -1.02. The van der Waals surface area contributed by atoms with E-state index < -0.39 is 18.6 Å². The van der Waals surface area contributed by atoms with Crippen LogP contribution in [0.1, 0.15) is 0 Å². The van der Waals surface area contributed by atoms with E-state index in [1.165, 1.54) is 0 Å². The molecule has 0 spiro atoms. The molecule has 0 heterocycles. The number of nitrogens with two attached hydrogens (primary N) is 1. The average molecular weight is 158 g/mol. The lowest BCUT2D eigenvalue weighted by atomic mass is 10.2. The van der Waals surface area contributed by atoms with Crippen LogP contribution in [0.5, 0.6) is 0 Å². The minimum atomic E-state index is -1.17. The zero-order valence-electron chi connectivity index (χ0n) is 4.71. The molecule has 0 bridgehead atoms. The van der Waals surface area contributed by atoms with Crippen LogP contribution in [-0.2, 0) is 4.79 Å². The highest BCUT2D eigenvalue weighted by Gasteiger charge is 2.13. The molecule has 0 fully saturated rings. The molecule has 0 saturated heterocycles. The molecule has 5 heteroatoms. The van der Waals surface area contributed by atoms with Gasteiger partial charge in [0.15, 0.2) is 0 Å². The van der Waals surface area contributed by atoms with Crippen molar-refractivity contribution in [1.82, 2.24) is 0 Å². The van der Waals surface area contributed by atoms with Crippen molar-refractivity contribution in [2.45, 2.75) is 0 Å². The zero-order valence-corrected chi connectivity index (χ0v) is 5.53. The van der Waals surface area contributed by atoms with Crippen molar-refractivity contribution >= 4 is 18.4 Å². The van der Waals surface area contributed by atoms with Gasteiger partial charge in [-0.2, -0.15) is 0 Å². The van der Waals surface area contributed by atoms with Gasteiger partial charge in [-0.15, -0.1) is 12.4 Å². The van der Waals surface area contributed by atoms with Gasteiger partial charge in [0.2, 0.25) is 0 Å². The molecule has 1 unspecified atom stereocenters. The molecule has 0 saturated carbocycles. The fraction of sp³-hybridized carbons (Fsp3) is 0.750. The first-order valence-electron chi connectivity index (χ1n) is 2.21. The van der Waals surface area contributed by atoms with E-state index in [2.05, 4.69) is 0 Å². The molecule has 0 aromatic heterocycles. The Hall–Kier alpha value is -0.350. The smallest absolute Gasteiger partial charge is 0.310 e. The Labute approximate surface area is 58.4 Å². The van der Waals surface area contributed by atoms with Crippen LogP contribution in [0.3, 0.4) is 0 Å². The van der Waals surface area contributed by atoms with E-state index in [1.807, 2.05) is 0 Å². The number of aliphatic carboxylic acids is 1. The number of halogens is 2. The van der Waals surface area contributed by atoms with Crippen LogP contribution in [0.25, 0.3) is 0 Å². The van der Waals surface area contributed by atoms with Gasteiger partial charge in [0.25, 0.3) is 0 Å². The first kappa shape index (κ1) is 11.4. The second kappa shape index (κ2) is 5.78. The van der Waals surface area contributed by atoms with Crippen molar-refractivity contribution in [1.29, 1.82) is 0 Å². The van der Waals surface area contributed by atoms with Gasteiger partial charge in [-0.25, -0.2) is 0 Å². The molecule has 0 radical (unpaired) electrons. The molecular formula is C4H9ClFNO2. The summed E-state index contributed by atoms with van der Waals surface area (Å²) in [6.07, 6.45) is 0. The normalized spacial score (nSPS) is 11.8. The van der Waals surface area contributed by atoms with E-state index in [4.69, 9.17) is 10.8 Å². The summed E-state index contributed by atoms with van der Waals surface area (Å²) in [4.78, 5) is 9.84.